The van der Waals surface area contributed by atoms with Crippen molar-refractivity contribution in [3.63, 3.8) is 0 Å². The van der Waals surface area contributed by atoms with E-state index in [1.54, 1.807) is 24.3 Å². The first-order valence-corrected chi connectivity index (χ1v) is 10.7. The van der Waals surface area contributed by atoms with Crippen LogP contribution in [0.1, 0.15) is 17.7 Å². The molecule has 0 aliphatic heterocycles. The lowest BCUT2D eigenvalue weighted by molar-refractivity contribution is 0.303. The number of hydrogen-bond acceptors (Lipinski definition) is 3. The Morgan fingerprint density at radius 3 is 2.13 bits per heavy atom. The number of aromatic nitrogens is 1. The van der Waals surface area contributed by atoms with E-state index in [0.717, 1.165) is 46.5 Å². The van der Waals surface area contributed by atoms with Crippen molar-refractivity contribution in [1.82, 2.24) is 4.98 Å². The molecule has 0 atom stereocenters. The third-order valence-electron chi connectivity index (χ3n) is 5.55. The molecule has 1 aromatic heterocycles. The number of hydrogen-bond donors (Lipinski definition) is 1. The summed E-state index contributed by atoms with van der Waals surface area (Å²) in [5.74, 6) is 0. The fourth-order valence-electron chi connectivity index (χ4n) is 4.03. The molecule has 3 aromatic carbocycles. The van der Waals surface area contributed by atoms with Crippen molar-refractivity contribution >= 4 is 23.0 Å². The Morgan fingerprint density at radius 1 is 0.806 bits per heavy atom. The van der Waals surface area contributed by atoms with Crippen LogP contribution in [0.25, 0.3) is 28.1 Å². The van der Waals surface area contributed by atoms with Crippen molar-refractivity contribution in [3.8, 4) is 22.4 Å². The fourth-order valence-corrected chi connectivity index (χ4v) is 4.15. The molecule has 0 fully saturated rings. The topological polar surface area (TPSA) is 36.4 Å². The maximum atomic E-state index is 11.1. The van der Waals surface area contributed by atoms with Crippen LogP contribution in [0.3, 0.4) is 0 Å². The van der Waals surface area contributed by atoms with E-state index in [1.165, 1.54) is 5.06 Å². The molecule has 1 N–H and O–H groups in total. The van der Waals surface area contributed by atoms with Gasteiger partial charge in [0.15, 0.2) is 0 Å². The molecule has 3 nitrogen and oxygen atoms in total. The zero-order valence-corrected chi connectivity index (χ0v) is 17.6. The Morgan fingerprint density at radius 2 is 1.45 bits per heavy atom. The summed E-state index contributed by atoms with van der Waals surface area (Å²) in [5, 5.41) is 12.9. The Kier molecular flexibility index (Phi) is 5.29. The minimum Gasteiger partial charge on any atom is -0.283 e. The van der Waals surface area contributed by atoms with Crippen molar-refractivity contribution in [3.05, 3.63) is 113 Å². The second-order valence-corrected chi connectivity index (χ2v) is 7.97. The molecule has 4 aromatic rings. The predicted molar refractivity (Wildman–Crippen MR) is 127 cm³/mol. The number of allylic oxidation sites excluding steroid dienone is 1. The molecule has 5 rings (SSSR count). The van der Waals surface area contributed by atoms with Crippen LogP contribution < -0.4 is 5.06 Å². The molecule has 0 bridgehead atoms. The van der Waals surface area contributed by atoms with Crippen molar-refractivity contribution in [2.75, 3.05) is 5.06 Å². The molecule has 0 unspecified atom stereocenters. The molecular weight excluding hydrogens is 404 g/mol. The average Bonchev–Trinajstić information content (AvgIpc) is 2.84. The number of fused-ring (bicyclic) bond motifs is 1. The van der Waals surface area contributed by atoms with Crippen molar-refractivity contribution < 1.29 is 5.21 Å². The number of hydroxylamine groups is 1. The van der Waals surface area contributed by atoms with E-state index in [1.807, 2.05) is 30.3 Å². The zero-order valence-electron chi connectivity index (χ0n) is 16.9. The molecular formula is C27H21ClN2O. The molecule has 1 aliphatic rings. The van der Waals surface area contributed by atoms with Gasteiger partial charge < -0.3 is 0 Å². The van der Waals surface area contributed by atoms with Crippen LogP contribution in [0.4, 0.5) is 5.69 Å². The largest absolute Gasteiger partial charge is 0.283 e. The number of rotatable bonds is 4. The van der Waals surface area contributed by atoms with Crippen LogP contribution in [0.5, 0.6) is 0 Å². The molecule has 1 aliphatic carbocycles. The van der Waals surface area contributed by atoms with E-state index in [-0.39, 0.29) is 0 Å². The van der Waals surface area contributed by atoms with E-state index in [0.29, 0.717) is 16.4 Å². The predicted octanol–water partition coefficient (Wildman–Crippen LogP) is 7.25. The normalized spacial score (nSPS) is 12.8. The number of pyridine rings is 1. The van der Waals surface area contributed by atoms with Gasteiger partial charge in [0.2, 0.25) is 0 Å². The Bertz CT molecular complexity index is 1240. The van der Waals surface area contributed by atoms with Gasteiger partial charge in [0.05, 0.1) is 22.8 Å². The van der Waals surface area contributed by atoms with Gasteiger partial charge in [0.25, 0.3) is 0 Å². The van der Waals surface area contributed by atoms with E-state index in [4.69, 9.17) is 16.6 Å². The summed E-state index contributed by atoms with van der Waals surface area (Å²) in [7, 11) is 0. The number of benzene rings is 3. The summed E-state index contributed by atoms with van der Waals surface area (Å²) < 4.78 is 0. The van der Waals surface area contributed by atoms with Crippen molar-refractivity contribution in [2.45, 2.75) is 12.8 Å². The molecule has 4 heteroatoms. The first-order valence-electron chi connectivity index (χ1n) is 10.3. The van der Waals surface area contributed by atoms with Crippen LogP contribution in [0.15, 0.2) is 97.1 Å². The Hall–Kier alpha value is -3.40. The minimum absolute atomic E-state index is 0.631. The van der Waals surface area contributed by atoms with Crippen LogP contribution in [-0.4, -0.2) is 10.2 Å². The summed E-state index contributed by atoms with van der Waals surface area (Å²) >= 11 is 6.03. The van der Waals surface area contributed by atoms with E-state index < -0.39 is 0 Å². The summed E-state index contributed by atoms with van der Waals surface area (Å²) in [6, 6.07) is 29.8. The quantitative estimate of drug-likeness (QED) is 0.350. The van der Waals surface area contributed by atoms with Crippen LogP contribution >= 0.6 is 11.6 Å². The van der Waals surface area contributed by atoms with Crippen molar-refractivity contribution in [1.29, 1.82) is 0 Å². The van der Waals surface area contributed by atoms with E-state index >= 15 is 0 Å². The smallest absolute Gasteiger partial charge is 0.0933 e. The second kappa shape index (κ2) is 8.38. The van der Waals surface area contributed by atoms with Gasteiger partial charge in [-0.3, -0.25) is 5.21 Å². The lowest BCUT2D eigenvalue weighted by atomic mass is 9.89. The van der Waals surface area contributed by atoms with Gasteiger partial charge in [-0.15, -0.1) is 0 Å². The highest BCUT2D eigenvalue weighted by atomic mass is 35.5. The molecule has 0 saturated heterocycles. The molecule has 0 radical (unpaired) electrons. The highest BCUT2D eigenvalue weighted by Crippen LogP contribution is 2.38. The molecule has 1 heterocycles. The number of anilines is 1. The van der Waals surface area contributed by atoms with Gasteiger partial charge in [-0.2, -0.15) is 0 Å². The summed E-state index contributed by atoms with van der Waals surface area (Å²) in [6.07, 6.45) is 3.76. The molecule has 0 amide bonds. The van der Waals surface area contributed by atoms with Crippen molar-refractivity contribution in [2.24, 2.45) is 0 Å². The number of nitrogens with zero attached hydrogens (tertiary/aromatic N) is 2. The first kappa shape index (κ1) is 19.6. The SMILES string of the molecule is ON(C1=CCCc2c(-c3ccccc3)cc(-c3ccccc3)nc21)c1ccc(Cl)cc1. The zero-order chi connectivity index (χ0) is 21.2. The van der Waals surface area contributed by atoms with Gasteiger partial charge in [-0.1, -0.05) is 78.3 Å². The Labute approximate surface area is 186 Å². The molecule has 31 heavy (non-hydrogen) atoms. The lowest BCUT2D eigenvalue weighted by Crippen LogP contribution is -2.21. The third kappa shape index (κ3) is 3.86. The molecule has 152 valence electrons. The van der Waals surface area contributed by atoms with Gasteiger partial charge in [-0.25, -0.2) is 10.0 Å². The second-order valence-electron chi connectivity index (χ2n) is 7.53. The maximum Gasteiger partial charge on any atom is 0.0933 e. The number of halogens is 1. The highest BCUT2D eigenvalue weighted by molar-refractivity contribution is 6.30. The molecule has 0 saturated carbocycles. The standard InChI is InChI=1S/C27H21ClN2O/c28-21-14-16-22(17-15-21)30(31)26-13-7-12-23-24(19-8-3-1-4-9-19)18-25(29-27(23)26)20-10-5-2-6-11-20/h1-6,8-11,13-18,31H,7,12H2. The maximum absolute atomic E-state index is 11.1. The molecule has 0 spiro atoms. The average molecular weight is 425 g/mol. The van der Waals surface area contributed by atoms with Gasteiger partial charge in [0.1, 0.15) is 0 Å². The first-order chi connectivity index (χ1) is 15.2. The Balaban J connectivity index is 1.69. The van der Waals surface area contributed by atoms with Gasteiger partial charge >= 0.3 is 0 Å². The summed E-state index contributed by atoms with van der Waals surface area (Å²) in [6.45, 7) is 0. The fraction of sp³-hybridized carbons (Fsp3) is 0.0741. The van der Waals surface area contributed by atoms with Crippen LogP contribution in [-0.2, 0) is 6.42 Å². The summed E-state index contributed by atoms with van der Waals surface area (Å²) in [4.78, 5) is 5.02. The highest BCUT2D eigenvalue weighted by Gasteiger charge is 2.24. The van der Waals surface area contributed by atoms with Gasteiger partial charge in [-0.05, 0) is 59.9 Å². The van der Waals surface area contributed by atoms with E-state index in [9.17, 15) is 5.21 Å². The van der Waals surface area contributed by atoms with Gasteiger partial charge in [0, 0.05) is 10.6 Å². The monoisotopic (exact) mass is 424 g/mol. The van der Waals surface area contributed by atoms with Crippen LogP contribution in [0.2, 0.25) is 5.02 Å². The lowest BCUT2D eigenvalue weighted by Gasteiger charge is -2.27. The third-order valence-corrected chi connectivity index (χ3v) is 5.80. The van der Waals surface area contributed by atoms with Crippen LogP contribution in [0, 0.1) is 0 Å². The van der Waals surface area contributed by atoms with E-state index in [2.05, 4.69) is 42.5 Å². The summed E-state index contributed by atoms with van der Waals surface area (Å²) in [5.41, 5.74) is 7.53. The minimum atomic E-state index is 0.631.